The van der Waals surface area contributed by atoms with E-state index in [2.05, 4.69) is 5.32 Å². The number of carbonyl (C=O) groups is 2. The Kier molecular flexibility index (Phi) is 5.16. The molecule has 7 heteroatoms. The average molecular weight is 373 g/mol. The van der Waals surface area contributed by atoms with Crippen LogP contribution in [0.5, 0.6) is 5.75 Å². The second-order valence-corrected chi connectivity index (χ2v) is 6.83. The lowest BCUT2D eigenvalue weighted by Crippen LogP contribution is -2.13. The van der Waals surface area contributed by atoms with E-state index in [1.54, 1.807) is 19.2 Å². The lowest BCUT2D eigenvalue weighted by atomic mass is 10.0. The third-order valence-electron chi connectivity index (χ3n) is 3.55. The van der Waals surface area contributed by atoms with Crippen molar-refractivity contribution < 1.29 is 19.1 Å². The molecule has 3 aromatic rings. The minimum atomic E-state index is -0.492. The summed E-state index contributed by atoms with van der Waals surface area (Å²) in [5.74, 6) is -0.0124. The third kappa shape index (κ3) is 3.57. The molecule has 1 N–H and O–H groups in total. The summed E-state index contributed by atoms with van der Waals surface area (Å²) in [5.41, 5.74) is 1.90. The number of hydrogen-bond acceptors (Lipinski definition) is 6. The van der Waals surface area contributed by atoms with Crippen molar-refractivity contribution in [2.24, 2.45) is 0 Å². The zero-order valence-corrected chi connectivity index (χ0v) is 15.2. The highest BCUT2D eigenvalue weighted by Crippen LogP contribution is 2.37. The first kappa shape index (κ1) is 17.2. The fraction of sp³-hybridized carbons (Fsp3) is 0.111. The molecular weight excluding hydrogens is 358 g/mol. The number of ether oxygens (including phenoxy) is 2. The van der Waals surface area contributed by atoms with Crippen LogP contribution in [0.2, 0.25) is 0 Å². The third-order valence-corrected chi connectivity index (χ3v) is 5.32. The molecule has 0 aliphatic rings. The molecule has 2 heterocycles. The molecule has 1 amide bonds. The summed E-state index contributed by atoms with van der Waals surface area (Å²) < 4.78 is 10.1. The van der Waals surface area contributed by atoms with Crippen LogP contribution in [0.1, 0.15) is 20.0 Å². The number of nitrogens with one attached hydrogen (secondary N) is 1. The fourth-order valence-corrected chi connectivity index (χ4v) is 3.88. The van der Waals surface area contributed by atoms with Crippen molar-refractivity contribution in [1.29, 1.82) is 0 Å². The molecule has 0 atom stereocenters. The number of anilines is 1. The second-order valence-electron chi connectivity index (χ2n) is 5.01. The van der Waals surface area contributed by atoms with E-state index in [4.69, 9.17) is 9.47 Å². The Morgan fingerprint density at radius 1 is 1.04 bits per heavy atom. The van der Waals surface area contributed by atoms with Gasteiger partial charge in [0, 0.05) is 10.9 Å². The van der Waals surface area contributed by atoms with Crippen molar-refractivity contribution in [3.63, 3.8) is 0 Å². The Labute approximate surface area is 152 Å². The summed E-state index contributed by atoms with van der Waals surface area (Å²) in [7, 11) is 2.92. The maximum Gasteiger partial charge on any atom is 0.341 e. The van der Waals surface area contributed by atoms with Crippen LogP contribution >= 0.6 is 22.7 Å². The van der Waals surface area contributed by atoms with Gasteiger partial charge >= 0.3 is 5.97 Å². The maximum absolute atomic E-state index is 12.3. The summed E-state index contributed by atoms with van der Waals surface area (Å²) >= 11 is 2.63. The standard InChI is InChI=1S/C18H15NO4S2/c1-22-12-7-5-11(6-8-12)13-10-25-17(15(13)18(21)23-2)19-16(20)14-4-3-9-24-14/h3-10H,1-2H3,(H,19,20). The molecule has 2 aromatic heterocycles. The molecule has 5 nitrogen and oxygen atoms in total. The van der Waals surface area contributed by atoms with Gasteiger partial charge in [0.1, 0.15) is 16.3 Å². The molecule has 0 aliphatic carbocycles. The van der Waals surface area contributed by atoms with E-state index in [1.807, 2.05) is 35.0 Å². The SMILES string of the molecule is COC(=O)c1c(-c2ccc(OC)cc2)csc1NC(=O)c1cccs1. The zero-order valence-electron chi connectivity index (χ0n) is 13.6. The molecular formula is C18H15NO4S2. The van der Waals surface area contributed by atoms with Gasteiger partial charge < -0.3 is 14.8 Å². The number of esters is 1. The lowest BCUT2D eigenvalue weighted by molar-refractivity contribution is 0.0603. The molecule has 1 aromatic carbocycles. The molecule has 3 rings (SSSR count). The fourth-order valence-electron chi connectivity index (χ4n) is 2.31. The van der Waals surface area contributed by atoms with E-state index in [0.717, 1.165) is 11.3 Å². The first-order valence-corrected chi connectivity index (χ1v) is 9.09. The maximum atomic E-state index is 12.3. The Bertz CT molecular complexity index is 882. The van der Waals surface area contributed by atoms with E-state index in [0.29, 0.717) is 21.0 Å². The molecule has 25 heavy (non-hydrogen) atoms. The normalized spacial score (nSPS) is 10.3. The number of benzene rings is 1. The van der Waals surface area contributed by atoms with Gasteiger partial charge in [-0.05, 0) is 29.1 Å². The topological polar surface area (TPSA) is 64.6 Å². The smallest absolute Gasteiger partial charge is 0.341 e. The van der Waals surface area contributed by atoms with Gasteiger partial charge in [-0.15, -0.1) is 22.7 Å². The predicted molar refractivity (Wildman–Crippen MR) is 99.9 cm³/mol. The highest BCUT2D eigenvalue weighted by Gasteiger charge is 2.23. The van der Waals surface area contributed by atoms with Gasteiger partial charge in [-0.3, -0.25) is 4.79 Å². The minimum Gasteiger partial charge on any atom is -0.497 e. The number of rotatable bonds is 5. The van der Waals surface area contributed by atoms with Crippen molar-refractivity contribution in [2.75, 3.05) is 19.5 Å². The van der Waals surface area contributed by atoms with Crippen molar-refractivity contribution >= 4 is 39.6 Å². The van der Waals surface area contributed by atoms with Gasteiger partial charge in [-0.1, -0.05) is 18.2 Å². The zero-order chi connectivity index (χ0) is 17.8. The largest absolute Gasteiger partial charge is 0.497 e. The monoisotopic (exact) mass is 373 g/mol. The van der Waals surface area contributed by atoms with Gasteiger partial charge in [0.2, 0.25) is 0 Å². The Balaban J connectivity index is 1.97. The Morgan fingerprint density at radius 3 is 2.40 bits per heavy atom. The van der Waals surface area contributed by atoms with Crippen molar-refractivity contribution in [2.45, 2.75) is 0 Å². The van der Waals surface area contributed by atoms with Gasteiger partial charge in [0.15, 0.2) is 0 Å². The minimum absolute atomic E-state index is 0.247. The van der Waals surface area contributed by atoms with Crippen LogP contribution in [0.3, 0.4) is 0 Å². The van der Waals surface area contributed by atoms with Crippen molar-refractivity contribution in [3.05, 3.63) is 57.6 Å². The summed E-state index contributed by atoms with van der Waals surface area (Å²) in [4.78, 5) is 25.2. The summed E-state index contributed by atoms with van der Waals surface area (Å²) in [6, 6.07) is 10.9. The van der Waals surface area contributed by atoms with E-state index in [-0.39, 0.29) is 5.91 Å². The molecule has 0 saturated carbocycles. The predicted octanol–water partition coefficient (Wildman–Crippen LogP) is 4.52. The number of carbonyl (C=O) groups excluding carboxylic acids is 2. The van der Waals surface area contributed by atoms with Gasteiger partial charge in [0.25, 0.3) is 5.91 Å². The van der Waals surface area contributed by atoms with E-state index in [9.17, 15) is 9.59 Å². The summed E-state index contributed by atoms with van der Waals surface area (Å²) in [6.45, 7) is 0. The molecule has 128 valence electrons. The second kappa shape index (κ2) is 7.50. The Morgan fingerprint density at radius 2 is 1.80 bits per heavy atom. The molecule has 0 fully saturated rings. The van der Waals surface area contributed by atoms with Crippen LogP contribution in [-0.2, 0) is 4.74 Å². The van der Waals surface area contributed by atoms with Crippen LogP contribution < -0.4 is 10.1 Å². The van der Waals surface area contributed by atoms with Crippen molar-refractivity contribution in [1.82, 2.24) is 0 Å². The summed E-state index contributed by atoms with van der Waals surface area (Å²) in [5, 5.41) is 6.93. The van der Waals surface area contributed by atoms with Crippen molar-refractivity contribution in [3.8, 4) is 16.9 Å². The van der Waals surface area contributed by atoms with E-state index in [1.165, 1.54) is 29.8 Å². The van der Waals surface area contributed by atoms with E-state index < -0.39 is 5.97 Å². The summed E-state index contributed by atoms with van der Waals surface area (Å²) in [6.07, 6.45) is 0. The van der Waals surface area contributed by atoms with Crippen LogP contribution in [0.25, 0.3) is 11.1 Å². The molecule has 0 unspecified atom stereocenters. The highest BCUT2D eigenvalue weighted by atomic mass is 32.1. The number of methoxy groups -OCH3 is 2. The molecule has 0 bridgehead atoms. The first-order chi connectivity index (χ1) is 12.1. The molecule has 0 radical (unpaired) electrons. The number of hydrogen-bond donors (Lipinski definition) is 1. The van der Waals surface area contributed by atoms with Crippen LogP contribution in [0.15, 0.2) is 47.2 Å². The van der Waals surface area contributed by atoms with Crippen LogP contribution in [0, 0.1) is 0 Å². The van der Waals surface area contributed by atoms with Crippen LogP contribution in [-0.4, -0.2) is 26.1 Å². The van der Waals surface area contributed by atoms with Crippen LogP contribution in [0.4, 0.5) is 5.00 Å². The molecule has 0 saturated heterocycles. The number of amides is 1. The quantitative estimate of drug-likeness (QED) is 0.668. The highest BCUT2D eigenvalue weighted by molar-refractivity contribution is 7.15. The Hall–Kier alpha value is -2.64. The number of thiophene rings is 2. The van der Waals surface area contributed by atoms with Gasteiger partial charge in [-0.25, -0.2) is 4.79 Å². The van der Waals surface area contributed by atoms with Gasteiger partial charge in [0.05, 0.1) is 19.1 Å². The average Bonchev–Trinajstić information content (AvgIpc) is 3.31. The van der Waals surface area contributed by atoms with Gasteiger partial charge in [-0.2, -0.15) is 0 Å². The van der Waals surface area contributed by atoms with E-state index >= 15 is 0 Å². The lowest BCUT2D eigenvalue weighted by Gasteiger charge is -2.08. The molecule has 0 aliphatic heterocycles. The first-order valence-electron chi connectivity index (χ1n) is 7.33. The molecule has 0 spiro atoms.